The zero-order chi connectivity index (χ0) is 13.5. The van der Waals surface area contributed by atoms with Crippen LogP contribution in [-0.4, -0.2) is 39.6 Å². The lowest BCUT2D eigenvalue weighted by molar-refractivity contribution is -0.0885. The van der Waals surface area contributed by atoms with Crippen molar-refractivity contribution in [3.8, 4) is 0 Å². The second kappa shape index (κ2) is 4.87. The van der Waals surface area contributed by atoms with Gasteiger partial charge in [-0.05, 0) is 26.2 Å². The minimum absolute atomic E-state index is 0.0817. The van der Waals surface area contributed by atoms with Crippen molar-refractivity contribution in [2.75, 3.05) is 13.1 Å². The number of thiazole rings is 1. The van der Waals surface area contributed by atoms with Crippen LogP contribution in [0.3, 0.4) is 0 Å². The number of hydrogen-bond acceptors (Lipinski definition) is 4. The highest BCUT2D eigenvalue weighted by Crippen LogP contribution is 2.40. The summed E-state index contributed by atoms with van der Waals surface area (Å²) in [6.45, 7) is 3.28. The van der Waals surface area contributed by atoms with Gasteiger partial charge in [0, 0.05) is 19.0 Å². The first-order valence-electron chi connectivity index (χ1n) is 7.02. The monoisotopic (exact) mass is 280 g/mol. The summed E-state index contributed by atoms with van der Waals surface area (Å²) in [6, 6.07) is 0. The Kier molecular flexibility index (Phi) is 3.35. The van der Waals surface area contributed by atoms with Gasteiger partial charge < -0.3 is 10.0 Å². The molecule has 2 heterocycles. The number of aliphatic hydroxyl groups is 1. The SMILES string of the molecule is Cc1ncc(C(=O)N2CCC3(O)CCCCC3C2)s1. The summed E-state index contributed by atoms with van der Waals surface area (Å²) < 4.78 is 0. The Hall–Kier alpha value is -0.940. The summed E-state index contributed by atoms with van der Waals surface area (Å²) in [5.41, 5.74) is -0.515. The third kappa shape index (κ3) is 2.41. The van der Waals surface area contributed by atoms with E-state index < -0.39 is 5.60 Å². The molecule has 2 atom stereocenters. The van der Waals surface area contributed by atoms with Crippen molar-refractivity contribution in [1.82, 2.24) is 9.88 Å². The van der Waals surface area contributed by atoms with Gasteiger partial charge in [0.05, 0.1) is 16.8 Å². The zero-order valence-corrected chi connectivity index (χ0v) is 12.1. The van der Waals surface area contributed by atoms with Gasteiger partial charge in [0.2, 0.25) is 0 Å². The number of amides is 1. The third-order valence-electron chi connectivity index (χ3n) is 4.55. The largest absolute Gasteiger partial charge is 0.389 e. The lowest BCUT2D eigenvalue weighted by Gasteiger charge is -2.47. The van der Waals surface area contributed by atoms with Crippen LogP contribution in [0.1, 0.15) is 46.8 Å². The number of piperidine rings is 1. The molecule has 1 saturated carbocycles. The van der Waals surface area contributed by atoms with Gasteiger partial charge in [-0.2, -0.15) is 0 Å². The summed E-state index contributed by atoms with van der Waals surface area (Å²) >= 11 is 1.45. The van der Waals surface area contributed by atoms with E-state index in [0.29, 0.717) is 13.1 Å². The van der Waals surface area contributed by atoms with E-state index in [0.717, 1.165) is 35.6 Å². The van der Waals surface area contributed by atoms with Crippen molar-refractivity contribution in [3.63, 3.8) is 0 Å². The Morgan fingerprint density at radius 1 is 1.53 bits per heavy atom. The molecule has 2 fully saturated rings. The summed E-state index contributed by atoms with van der Waals surface area (Å²) in [5, 5.41) is 11.5. The Morgan fingerprint density at radius 2 is 2.37 bits per heavy atom. The van der Waals surface area contributed by atoms with E-state index in [2.05, 4.69) is 4.98 Å². The normalized spacial score (nSPS) is 31.1. The van der Waals surface area contributed by atoms with Gasteiger partial charge >= 0.3 is 0 Å². The predicted molar refractivity (Wildman–Crippen MR) is 74.3 cm³/mol. The Balaban J connectivity index is 1.72. The second-order valence-electron chi connectivity index (χ2n) is 5.79. The number of nitrogens with zero attached hydrogens (tertiary/aromatic N) is 2. The Labute approximate surface area is 117 Å². The maximum atomic E-state index is 12.4. The molecule has 3 rings (SSSR count). The molecule has 0 spiro atoms. The molecule has 2 unspecified atom stereocenters. The van der Waals surface area contributed by atoms with E-state index in [4.69, 9.17) is 0 Å². The fourth-order valence-corrected chi connectivity index (χ4v) is 4.12. The average molecular weight is 280 g/mol. The van der Waals surface area contributed by atoms with E-state index in [9.17, 15) is 9.90 Å². The fraction of sp³-hybridized carbons (Fsp3) is 0.714. The number of fused-ring (bicyclic) bond motifs is 1. The zero-order valence-electron chi connectivity index (χ0n) is 11.3. The van der Waals surface area contributed by atoms with Gasteiger partial charge in [-0.1, -0.05) is 12.8 Å². The van der Waals surface area contributed by atoms with Gasteiger partial charge in [0.25, 0.3) is 5.91 Å². The smallest absolute Gasteiger partial charge is 0.265 e. The molecule has 2 aliphatic rings. The van der Waals surface area contributed by atoms with Crippen LogP contribution in [0.4, 0.5) is 0 Å². The molecule has 1 saturated heterocycles. The van der Waals surface area contributed by atoms with E-state index in [1.54, 1.807) is 6.20 Å². The van der Waals surface area contributed by atoms with E-state index >= 15 is 0 Å². The third-order valence-corrected chi connectivity index (χ3v) is 5.45. The van der Waals surface area contributed by atoms with Crippen LogP contribution < -0.4 is 0 Å². The molecular formula is C14H20N2O2S. The van der Waals surface area contributed by atoms with Crippen LogP contribution in [0.5, 0.6) is 0 Å². The van der Waals surface area contributed by atoms with Crippen molar-refractivity contribution in [1.29, 1.82) is 0 Å². The molecule has 0 bridgehead atoms. The van der Waals surface area contributed by atoms with Crippen LogP contribution >= 0.6 is 11.3 Å². The van der Waals surface area contributed by atoms with Crippen molar-refractivity contribution < 1.29 is 9.90 Å². The van der Waals surface area contributed by atoms with E-state index in [-0.39, 0.29) is 11.8 Å². The summed E-state index contributed by atoms with van der Waals surface area (Å²) in [5.74, 6) is 0.339. The van der Waals surface area contributed by atoms with Crippen LogP contribution in [0.15, 0.2) is 6.20 Å². The van der Waals surface area contributed by atoms with E-state index in [1.807, 2.05) is 11.8 Å². The van der Waals surface area contributed by atoms with Crippen LogP contribution in [0.25, 0.3) is 0 Å². The molecule has 0 radical (unpaired) electrons. The fourth-order valence-electron chi connectivity index (χ4n) is 3.37. The molecule has 1 N–H and O–H groups in total. The summed E-state index contributed by atoms with van der Waals surface area (Å²) in [6.07, 6.45) is 6.64. The summed E-state index contributed by atoms with van der Waals surface area (Å²) in [4.78, 5) is 19.2. The van der Waals surface area contributed by atoms with Crippen molar-refractivity contribution in [2.24, 2.45) is 5.92 Å². The molecule has 0 aromatic carbocycles. The quantitative estimate of drug-likeness (QED) is 0.858. The maximum Gasteiger partial charge on any atom is 0.265 e. The molecule has 4 nitrogen and oxygen atoms in total. The first-order chi connectivity index (χ1) is 9.08. The van der Waals surface area contributed by atoms with Gasteiger partial charge in [-0.25, -0.2) is 4.98 Å². The minimum atomic E-state index is -0.515. The van der Waals surface area contributed by atoms with Crippen LogP contribution in [0, 0.1) is 12.8 Å². The average Bonchev–Trinajstić information content (AvgIpc) is 2.83. The molecule has 1 amide bonds. The van der Waals surface area contributed by atoms with Crippen LogP contribution in [-0.2, 0) is 0 Å². The molecular weight excluding hydrogens is 260 g/mol. The number of carbonyl (C=O) groups is 1. The topological polar surface area (TPSA) is 53.4 Å². The highest BCUT2D eigenvalue weighted by Gasteiger charge is 2.43. The van der Waals surface area contributed by atoms with Crippen molar-refractivity contribution in [3.05, 3.63) is 16.1 Å². The number of likely N-dealkylation sites (tertiary alicyclic amines) is 1. The first kappa shape index (κ1) is 13.1. The number of hydrogen-bond donors (Lipinski definition) is 1. The molecule has 1 aliphatic carbocycles. The van der Waals surface area contributed by atoms with Gasteiger partial charge in [-0.15, -0.1) is 11.3 Å². The number of aromatic nitrogens is 1. The molecule has 5 heteroatoms. The number of rotatable bonds is 1. The van der Waals surface area contributed by atoms with Gasteiger partial charge in [-0.3, -0.25) is 4.79 Å². The first-order valence-corrected chi connectivity index (χ1v) is 7.84. The lowest BCUT2D eigenvalue weighted by Crippen LogP contribution is -2.54. The predicted octanol–water partition coefficient (Wildman–Crippen LogP) is 2.22. The highest BCUT2D eigenvalue weighted by molar-refractivity contribution is 7.13. The molecule has 1 aromatic heterocycles. The Morgan fingerprint density at radius 3 is 3.11 bits per heavy atom. The molecule has 104 valence electrons. The number of carbonyl (C=O) groups excluding carboxylic acids is 1. The lowest BCUT2D eigenvalue weighted by atomic mass is 9.71. The van der Waals surface area contributed by atoms with Crippen molar-refractivity contribution in [2.45, 2.75) is 44.6 Å². The Bertz CT molecular complexity index is 488. The van der Waals surface area contributed by atoms with E-state index in [1.165, 1.54) is 17.8 Å². The molecule has 19 heavy (non-hydrogen) atoms. The maximum absolute atomic E-state index is 12.4. The highest BCUT2D eigenvalue weighted by atomic mass is 32.1. The van der Waals surface area contributed by atoms with Gasteiger partial charge in [0.15, 0.2) is 0 Å². The van der Waals surface area contributed by atoms with Crippen LogP contribution in [0.2, 0.25) is 0 Å². The van der Waals surface area contributed by atoms with Crippen molar-refractivity contribution >= 4 is 17.2 Å². The molecule has 1 aliphatic heterocycles. The molecule has 1 aromatic rings. The summed E-state index contributed by atoms with van der Waals surface area (Å²) in [7, 11) is 0. The van der Waals surface area contributed by atoms with Gasteiger partial charge in [0.1, 0.15) is 4.88 Å². The second-order valence-corrected chi connectivity index (χ2v) is 7.03. The number of aryl methyl sites for hydroxylation is 1. The minimum Gasteiger partial charge on any atom is -0.389 e. The standard InChI is InChI=1S/C14H20N2O2S/c1-10-15-8-12(19-10)13(17)16-7-6-14(18)5-3-2-4-11(14)9-16/h8,11,18H,2-7,9H2,1H3.